The summed E-state index contributed by atoms with van der Waals surface area (Å²) in [5.74, 6) is 3.35. The topological polar surface area (TPSA) is 93.1 Å². The maximum absolute atomic E-state index is 5.50. The Morgan fingerprint density at radius 2 is 2.08 bits per heavy atom. The molecule has 8 nitrogen and oxygen atoms in total. The fourth-order valence-electron chi connectivity index (χ4n) is 3.04. The molecule has 4 rings (SSSR count). The SMILES string of the molecule is CCc1nc(CNc2nc(-c3ccco3)nc3c2CCN(C)CC3)no1. The molecule has 0 unspecified atom stereocenters. The molecule has 0 spiro atoms. The number of anilines is 1. The number of aromatic nitrogens is 4. The Kier molecular flexibility index (Phi) is 4.66. The Labute approximate surface area is 151 Å². The number of hydrogen-bond donors (Lipinski definition) is 1. The highest BCUT2D eigenvalue weighted by Crippen LogP contribution is 2.26. The number of nitrogens with one attached hydrogen (secondary N) is 1. The van der Waals surface area contributed by atoms with Crippen molar-refractivity contribution < 1.29 is 8.94 Å². The molecule has 3 aromatic rings. The average molecular weight is 354 g/mol. The largest absolute Gasteiger partial charge is 0.461 e. The number of aryl methyl sites for hydroxylation is 1. The van der Waals surface area contributed by atoms with Crippen LogP contribution in [0.2, 0.25) is 0 Å². The van der Waals surface area contributed by atoms with E-state index < -0.39 is 0 Å². The summed E-state index contributed by atoms with van der Waals surface area (Å²) < 4.78 is 10.7. The summed E-state index contributed by atoms with van der Waals surface area (Å²) >= 11 is 0. The number of furan rings is 1. The van der Waals surface area contributed by atoms with Crippen LogP contribution in [0.4, 0.5) is 5.82 Å². The zero-order chi connectivity index (χ0) is 17.9. The van der Waals surface area contributed by atoms with E-state index in [0.29, 0.717) is 29.8 Å². The molecule has 0 saturated heterocycles. The molecule has 1 aliphatic rings. The van der Waals surface area contributed by atoms with Crippen LogP contribution in [-0.4, -0.2) is 45.1 Å². The second-order valence-corrected chi connectivity index (χ2v) is 6.41. The third-order valence-electron chi connectivity index (χ3n) is 4.53. The zero-order valence-corrected chi connectivity index (χ0v) is 15.0. The summed E-state index contributed by atoms with van der Waals surface area (Å²) in [6, 6.07) is 3.72. The van der Waals surface area contributed by atoms with Gasteiger partial charge in [-0.1, -0.05) is 12.1 Å². The first-order valence-electron chi connectivity index (χ1n) is 8.90. The highest BCUT2D eigenvalue weighted by atomic mass is 16.5. The average Bonchev–Trinajstić information content (AvgIpc) is 3.31. The molecule has 0 saturated carbocycles. The number of fused-ring (bicyclic) bond motifs is 1. The standard InChI is InChI=1S/C18H22N6O2/c1-3-16-21-15(23-26-16)11-19-17-12-6-8-24(2)9-7-13(12)20-18(22-17)14-5-4-10-25-14/h4-5,10H,3,6-9,11H2,1-2H3,(H,19,20,22). The van der Waals surface area contributed by atoms with Crippen molar-refractivity contribution in [3.05, 3.63) is 41.4 Å². The fourth-order valence-corrected chi connectivity index (χ4v) is 3.04. The molecule has 0 radical (unpaired) electrons. The predicted molar refractivity (Wildman–Crippen MR) is 95.6 cm³/mol. The van der Waals surface area contributed by atoms with E-state index in [9.17, 15) is 0 Å². The predicted octanol–water partition coefficient (Wildman–Crippen LogP) is 2.32. The Bertz CT molecular complexity index is 874. The summed E-state index contributed by atoms with van der Waals surface area (Å²) in [7, 11) is 2.13. The van der Waals surface area contributed by atoms with Crippen LogP contribution < -0.4 is 5.32 Å². The van der Waals surface area contributed by atoms with E-state index in [-0.39, 0.29) is 0 Å². The zero-order valence-electron chi connectivity index (χ0n) is 15.0. The Morgan fingerprint density at radius 1 is 1.19 bits per heavy atom. The molecule has 4 heterocycles. The number of nitrogens with zero attached hydrogens (tertiary/aromatic N) is 5. The molecule has 0 amide bonds. The lowest BCUT2D eigenvalue weighted by molar-refractivity contribution is 0.352. The number of hydrogen-bond acceptors (Lipinski definition) is 8. The summed E-state index contributed by atoms with van der Waals surface area (Å²) in [5.41, 5.74) is 2.23. The van der Waals surface area contributed by atoms with Gasteiger partial charge in [0.05, 0.1) is 18.5 Å². The van der Waals surface area contributed by atoms with Crippen LogP contribution >= 0.6 is 0 Å². The monoisotopic (exact) mass is 354 g/mol. The van der Waals surface area contributed by atoms with Crippen molar-refractivity contribution in [1.82, 2.24) is 25.0 Å². The van der Waals surface area contributed by atoms with Gasteiger partial charge in [-0.05, 0) is 25.6 Å². The van der Waals surface area contributed by atoms with Gasteiger partial charge in [0.1, 0.15) is 5.82 Å². The molecule has 3 aromatic heterocycles. The van der Waals surface area contributed by atoms with Crippen LogP contribution in [0, 0.1) is 0 Å². The molecule has 0 atom stereocenters. The van der Waals surface area contributed by atoms with Crippen molar-refractivity contribution in [3.8, 4) is 11.6 Å². The van der Waals surface area contributed by atoms with E-state index in [1.807, 2.05) is 19.1 Å². The van der Waals surface area contributed by atoms with E-state index in [4.69, 9.17) is 18.9 Å². The van der Waals surface area contributed by atoms with E-state index in [1.54, 1.807) is 6.26 Å². The maximum Gasteiger partial charge on any atom is 0.226 e. The van der Waals surface area contributed by atoms with Gasteiger partial charge in [0.15, 0.2) is 17.4 Å². The smallest absolute Gasteiger partial charge is 0.226 e. The molecule has 0 fully saturated rings. The van der Waals surface area contributed by atoms with Gasteiger partial charge in [0.2, 0.25) is 5.89 Å². The third-order valence-corrected chi connectivity index (χ3v) is 4.53. The highest BCUT2D eigenvalue weighted by molar-refractivity contribution is 5.56. The van der Waals surface area contributed by atoms with Gasteiger partial charge < -0.3 is 19.2 Å². The maximum atomic E-state index is 5.50. The van der Waals surface area contributed by atoms with E-state index >= 15 is 0 Å². The van der Waals surface area contributed by atoms with Gasteiger partial charge in [-0.15, -0.1) is 0 Å². The third kappa shape index (κ3) is 3.45. The quantitative estimate of drug-likeness (QED) is 0.746. The summed E-state index contributed by atoms with van der Waals surface area (Å²) in [6.07, 6.45) is 4.15. The van der Waals surface area contributed by atoms with Crippen LogP contribution in [0.3, 0.4) is 0 Å². The molecule has 0 bridgehead atoms. The van der Waals surface area contributed by atoms with Gasteiger partial charge in [0.25, 0.3) is 0 Å². The van der Waals surface area contributed by atoms with Crippen molar-refractivity contribution in [2.45, 2.75) is 32.7 Å². The highest BCUT2D eigenvalue weighted by Gasteiger charge is 2.20. The lowest BCUT2D eigenvalue weighted by Gasteiger charge is -2.13. The van der Waals surface area contributed by atoms with Gasteiger partial charge in [-0.2, -0.15) is 4.98 Å². The molecule has 0 aliphatic carbocycles. The Morgan fingerprint density at radius 3 is 2.85 bits per heavy atom. The molecule has 0 aromatic carbocycles. The Balaban J connectivity index is 1.65. The minimum Gasteiger partial charge on any atom is -0.461 e. The van der Waals surface area contributed by atoms with Crippen molar-refractivity contribution in [2.24, 2.45) is 0 Å². The molecule has 1 N–H and O–H groups in total. The first-order chi connectivity index (χ1) is 12.7. The van der Waals surface area contributed by atoms with Crippen molar-refractivity contribution in [3.63, 3.8) is 0 Å². The van der Waals surface area contributed by atoms with Crippen LogP contribution in [0.15, 0.2) is 27.3 Å². The molecule has 1 aliphatic heterocycles. The Hall–Kier alpha value is -2.74. The summed E-state index contributed by atoms with van der Waals surface area (Å²) in [5, 5.41) is 7.37. The van der Waals surface area contributed by atoms with E-state index in [1.165, 1.54) is 0 Å². The van der Waals surface area contributed by atoms with Crippen LogP contribution in [-0.2, 0) is 25.8 Å². The fraction of sp³-hybridized carbons (Fsp3) is 0.444. The summed E-state index contributed by atoms with van der Waals surface area (Å²) in [6.45, 7) is 4.40. The van der Waals surface area contributed by atoms with Crippen molar-refractivity contribution in [2.75, 3.05) is 25.5 Å². The molecule has 136 valence electrons. The minimum absolute atomic E-state index is 0.459. The van der Waals surface area contributed by atoms with Crippen LogP contribution in [0.25, 0.3) is 11.6 Å². The normalized spacial score (nSPS) is 14.8. The lowest BCUT2D eigenvalue weighted by Crippen LogP contribution is -2.20. The van der Waals surface area contributed by atoms with Crippen molar-refractivity contribution >= 4 is 5.82 Å². The van der Waals surface area contributed by atoms with Gasteiger partial charge in [0, 0.05) is 31.5 Å². The molecular weight excluding hydrogens is 332 g/mol. The van der Waals surface area contributed by atoms with Crippen LogP contribution in [0.5, 0.6) is 0 Å². The van der Waals surface area contributed by atoms with E-state index in [0.717, 1.165) is 49.4 Å². The van der Waals surface area contributed by atoms with Crippen LogP contribution in [0.1, 0.15) is 29.9 Å². The van der Waals surface area contributed by atoms with E-state index in [2.05, 4.69) is 27.4 Å². The van der Waals surface area contributed by atoms with Gasteiger partial charge >= 0.3 is 0 Å². The second-order valence-electron chi connectivity index (χ2n) is 6.41. The van der Waals surface area contributed by atoms with Gasteiger partial charge in [-0.25, -0.2) is 9.97 Å². The summed E-state index contributed by atoms with van der Waals surface area (Å²) in [4.78, 5) is 16.1. The first-order valence-corrected chi connectivity index (χ1v) is 8.90. The number of rotatable bonds is 5. The minimum atomic E-state index is 0.459. The lowest BCUT2D eigenvalue weighted by atomic mass is 10.1. The van der Waals surface area contributed by atoms with Gasteiger partial charge in [-0.3, -0.25) is 0 Å². The molecule has 8 heteroatoms. The first kappa shape index (κ1) is 16.7. The molecule has 26 heavy (non-hydrogen) atoms. The number of likely N-dealkylation sites (N-methyl/N-ethyl adjacent to an activating group) is 1. The van der Waals surface area contributed by atoms with Crippen molar-refractivity contribution in [1.29, 1.82) is 0 Å². The second kappa shape index (κ2) is 7.25. The molecular formula is C18H22N6O2.